The van der Waals surface area contributed by atoms with Crippen LogP contribution in [0, 0.1) is 11.8 Å². The van der Waals surface area contributed by atoms with E-state index >= 15 is 0 Å². The van der Waals surface area contributed by atoms with Crippen LogP contribution < -0.4 is 0 Å². The number of nitrogens with zero attached hydrogens (tertiary/aromatic N) is 2. The summed E-state index contributed by atoms with van der Waals surface area (Å²) in [7, 11) is 12.0. The summed E-state index contributed by atoms with van der Waals surface area (Å²) in [5.41, 5.74) is 0. The largest absolute Gasteiger partial charge is 0.312 e. The average Bonchev–Trinajstić information content (AvgIpc) is 1.76. The fourth-order valence-electron chi connectivity index (χ4n) is 0. The minimum atomic E-state index is 0.833. The molecule has 0 aliphatic rings. The maximum atomic E-state index is 2.17. The van der Waals surface area contributed by atoms with Crippen LogP contribution in [0.1, 0.15) is 41.5 Å². The third kappa shape index (κ3) is 363000. The minimum absolute atomic E-state index is 0.833. The zero-order valence-electron chi connectivity index (χ0n) is 14.0. The Hall–Kier alpha value is -0.0800. The number of hydrogen-bond acceptors (Lipinski definition) is 2. The summed E-state index contributed by atoms with van der Waals surface area (Å²) in [5.74, 6) is 1.67. The van der Waals surface area contributed by atoms with Crippen molar-refractivity contribution in [3.05, 3.63) is 0 Å². The lowest BCUT2D eigenvalue weighted by Crippen LogP contribution is -1.99. The standard InChI is InChI=1S/2C4H10.2C3H9N/c4*1-4(2)3/h2*4H,1-3H3;2*1-3H3. The van der Waals surface area contributed by atoms with Gasteiger partial charge in [0.05, 0.1) is 0 Å². The molecule has 0 aromatic carbocycles. The van der Waals surface area contributed by atoms with Gasteiger partial charge in [0.2, 0.25) is 0 Å². The summed E-state index contributed by atoms with van der Waals surface area (Å²) in [6.07, 6.45) is 0. The van der Waals surface area contributed by atoms with E-state index in [0.717, 1.165) is 11.8 Å². The lowest BCUT2D eigenvalue weighted by atomic mass is 10.3. The van der Waals surface area contributed by atoms with Gasteiger partial charge in [0.15, 0.2) is 0 Å². The molecule has 0 saturated heterocycles. The molecule has 0 aliphatic carbocycles. The highest BCUT2D eigenvalue weighted by Crippen LogP contribution is 1.81. The van der Waals surface area contributed by atoms with Crippen molar-refractivity contribution < 1.29 is 0 Å². The van der Waals surface area contributed by atoms with Crippen molar-refractivity contribution >= 4 is 0 Å². The van der Waals surface area contributed by atoms with Gasteiger partial charge >= 0.3 is 0 Å². The second-order valence-electron chi connectivity index (χ2n) is 6.15. The quantitative estimate of drug-likeness (QED) is 0.631. The van der Waals surface area contributed by atoms with E-state index in [4.69, 9.17) is 0 Å². The van der Waals surface area contributed by atoms with E-state index in [1.54, 1.807) is 0 Å². The lowest BCUT2D eigenvalue weighted by molar-refractivity contribution is 0.505. The molecular formula is C14H38N2. The van der Waals surface area contributed by atoms with Gasteiger partial charge in [0, 0.05) is 0 Å². The maximum Gasteiger partial charge on any atom is -0.0140 e. The van der Waals surface area contributed by atoms with E-state index in [1.807, 2.05) is 52.1 Å². The van der Waals surface area contributed by atoms with Gasteiger partial charge in [0.25, 0.3) is 0 Å². The van der Waals surface area contributed by atoms with Crippen molar-refractivity contribution in [3.63, 3.8) is 0 Å². The Labute approximate surface area is 106 Å². The van der Waals surface area contributed by atoms with Gasteiger partial charge < -0.3 is 9.80 Å². The molecule has 0 N–H and O–H groups in total. The van der Waals surface area contributed by atoms with Crippen LogP contribution in [-0.4, -0.2) is 52.1 Å². The summed E-state index contributed by atoms with van der Waals surface area (Å²) >= 11 is 0. The molecule has 0 radical (unpaired) electrons. The highest BCUT2D eigenvalue weighted by atomic mass is 15.0. The Kier molecular flexibility index (Phi) is 31.7. The second kappa shape index (κ2) is 20.3. The zero-order valence-corrected chi connectivity index (χ0v) is 14.0. The van der Waals surface area contributed by atoms with Crippen LogP contribution in [0.25, 0.3) is 0 Å². The van der Waals surface area contributed by atoms with Crippen LogP contribution >= 0.6 is 0 Å². The molecule has 0 spiro atoms. The predicted molar refractivity (Wildman–Crippen MR) is 80.2 cm³/mol. The van der Waals surface area contributed by atoms with E-state index in [2.05, 4.69) is 41.5 Å². The molecule has 2 nitrogen and oxygen atoms in total. The molecule has 2 heteroatoms. The first-order valence-corrected chi connectivity index (χ1v) is 6.15. The smallest absolute Gasteiger partial charge is 0.0140 e. The SMILES string of the molecule is CC(C)C.CC(C)C.CN(C)C.CN(C)C. The molecule has 0 aromatic heterocycles. The van der Waals surface area contributed by atoms with Gasteiger partial charge in [-0.25, -0.2) is 0 Å². The van der Waals surface area contributed by atoms with E-state index in [9.17, 15) is 0 Å². The highest BCUT2D eigenvalue weighted by molar-refractivity contribution is 4.21. The Morgan fingerprint density at radius 1 is 0.438 bits per heavy atom. The topological polar surface area (TPSA) is 6.48 Å². The van der Waals surface area contributed by atoms with Crippen LogP contribution in [-0.2, 0) is 0 Å². The Morgan fingerprint density at radius 2 is 0.438 bits per heavy atom. The molecule has 0 rings (SSSR count). The van der Waals surface area contributed by atoms with Gasteiger partial charge in [0.1, 0.15) is 0 Å². The summed E-state index contributed by atoms with van der Waals surface area (Å²) in [4.78, 5) is 4.00. The Balaban J connectivity index is -0.0000000600. The summed E-state index contributed by atoms with van der Waals surface area (Å²) in [6.45, 7) is 13.0. The van der Waals surface area contributed by atoms with Crippen LogP contribution in [0.15, 0.2) is 0 Å². The summed E-state index contributed by atoms with van der Waals surface area (Å²) in [6, 6.07) is 0. The monoisotopic (exact) mass is 234 g/mol. The van der Waals surface area contributed by atoms with E-state index < -0.39 is 0 Å². The molecule has 0 bridgehead atoms. The molecule has 0 aromatic rings. The second-order valence-corrected chi connectivity index (χ2v) is 6.15. The van der Waals surface area contributed by atoms with Crippen LogP contribution in [0.2, 0.25) is 0 Å². The van der Waals surface area contributed by atoms with Crippen molar-refractivity contribution in [3.8, 4) is 0 Å². The predicted octanol–water partition coefficient (Wildman–Crippen LogP) is 3.68. The molecule has 0 fully saturated rings. The maximum absolute atomic E-state index is 2.17. The molecule has 0 aliphatic heterocycles. The molecule has 0 saturated carbocycles. The van der Waals surface area contributed by atoms with Gasteiger partial charge in [-0.3, -0.25) is 0 Å². The lowest BCUT2D eigenvalue weighted by Gasteiger charge is -1.90. The van der Waals surface area contributed by atoms with E-state index in [1.165, 1.54) is 0 Å². The number of rotatable bonds is 0. The van der Waals surface area contributed by atoms with Crippen molar-refractivity contribution in [2.75, 3.05) is 42.3 Å². The first-order chi connectivity index (χ1) is 6.93. The number of hydrogen-bond donors (Lipinski definition) is 0. The highest BCUT2D eigenvalue weighted by Gasteiger charge is 1.68. The fraction of sp³-hybridized carbons (Fsp3) is 1.00. The van der Waals surface area contributed by atoms with Crippen LogP contribution in [0.3, 0.4) is 0 Å². The molecule has 0 unspecified atom stereocenters. The Morgan fingerprint density at radius 3 is 0.438 bits per heavy atom. The average molecular weight is 234 g/mol. The van der Waals surface area contributed by atoms with Crippen LogP contribution in [0.5, 0.6) is 0 Å². The normalized spacial score (nSPS) is 9.00. The van der Waals surface area contributed by atoms with Crippen molar-refractivity contribution in [1.29, 1.82) is 0 Å². The molecule has 0 heterocycles. The van der Waals surface area contributed by atoms with Gasteiger partial charge in [-0.15, -0.1) is 0 Å². The molecule has 0 amide bonds. The molecule has 16 heavy (non-hydrogen) atoms. The van der Waals surface area contributed by atoms with Gasteiger partial charge in [-0.05, 0) is 54.1 Å². The fourth-order valence-corrected chi connectivity index (χ4v) is 0. The van der Waals surface area contributed by atoms with Crippen LogP contribution in [0.4, 0.5) is 0 Å². The van der Waals surface area contributed by atoms with E-state index in [-0.39, 0.29) is 0 Å². The van der Waals surface area contributed by atoms with E-state index in [0.29, 0.717) is 0 Å². The van der Waals surface area contributed by atoms with Crippen molar-refractivity contribution in [2.24, 2.45) is 11.8 Å². The van der Waals surface area contributed by atoms with Gasteiger partial charge in [-0.1, -0.05) is 41.5 Å². The molecular weight excluding hydrogens is 196 g/mol. The third-order valence-corrected chi connectivity index (χ3v) is 0. The first-order valence-electron chi connectivity index (χ1n) is 6.15. The van der Waals surface area contributed by atoms with Gasteiger partial charge in [-0.2, -0.15) is 0 Å². The van der Waals surface area contributed by atoms with Crippen molar-refractivity contribution in [1.82, 2.24) is 9.80 Å². The summed E-state index contributed by atoms with van der Waals surface area (Å²) < 4.78 is 0. The molecule has 104 valence electrons. The van der Waals surface area contributed by atoms with Crippen molar-refractivity contribution in [2.45, 2.75) is 41.5 Å². The minimum Gasteiger partial charge on any atom is -0.312 e. The summed E-state index contributed by atoms with van der Waals surface area (Å²) in [5, 5.41) is 0. The third-order valence-electron chi connectivity index (χ3n) is 0. The molecule has 0 atom stereocenters. The first kappa shape index (κ1) is 24.9. The zero-order chi connectivity index (χ0) is 14.3. The Bertz CT molecular complexity index is 51.7.